The Morgan fingerprint density at radius 3 is 3.12 bits per heavy atom. The van der Waals surface area contributed by atoms with Crippen molar-refractivity contribution in [1.29, 1.82) is 0 Å². The number of anilines is 1. The first kappa shape index (κ1) is 12.2. The molecular weight excluding hydrogens is 214 g/mol. The highest BCUT2D eigenvalue weighted by atomic mass is 16.1. The normalized spacial score (nSPS) is 19.5. The Balaban J connectivity index is 1.95. The number of pyridine rings is 1. The van der Waals surface area contributed by atoms with Gasteiger partial charge in [-0.05, 0) is 31.9 Å². The van der Waals surface area contributed by atoms with E-state index in [2.05, 4.69) is 17.6 Å². The van der Waals surface area contributed by atoms with Crippen molar-refractivity contribution in [2.24, 2.45) is 0 Å². The van der Waals surface area contributed by atoms with E-state index in [0.29, 0.717) is 6.04 Å². The van der Waals surface area contributed by atoms with Crippen LogP contribution in [0, 0.1) is 0 Å². The lowest BCUT2D eigenvalue weighted by Gasteiger charge is -2.13. The summed E-state index contributed by atoms with van der Waals surface area (Å²) in [6.07, 6.45) is 5.40. The van der Waals surface area contributed by atoms with Gasteiger partial charge in [0.15, 0.2) is 0 Å². The second-order valence-electron chi connectivity index (χ2n) is 4.62. The largest absolute Gasteiger partial charge is 0.382 e. The van der Waals surface area contributed by atoms with Gasteiger partial charge in [-0.15, -0.1) is 0 Å². The maximum absolute atomic E-state index is 11.5. The van der Waals surface area contributed by atoms with E-state index < -0.39 is 0 Å². The van der Waals surface area contributed by atoms with Crippen LogP contribution in [0.2, 0.25) is 0 Å². The fourth-order valence-corrected chi connectivity index (χ4v) is 2.22. The molecule has 1 unspecified atom stereocenters. The van der Waals surface area contributed by atoms with Crippen LogP contribution in [0.5, 0.6) is 0 Å². The topological polar surface area (TPSA) is 46.1 Å². The summed E-state index contributed by atoms with van der Waals surface area (Å²) in [6, 6.07) is 4.07. The molecule has 1 aliphatic heterocycles. The fourth-order valence-electron chi connectivity index (χ4n) is 2.22. The molecule has 2 rings (SSSR count). The molecule has 0 aromatic carbocycles. The Bertz CT molecular complexity index is 407. The summed E-state index contributed by atoms with van der Waals surface area (Å²) in [5.74, 6) is 0. The van der Waals surface area contributed by atoms with Gasteiger partial charge < -0.3 is 15.2 Å². The van der Waals surface area contributed by atoms with E-state index in [1.807, 2.05) is 12.3 Å². The zero-order valence-corrected chi connectivity index (χ0v) is 10.4. The van der Waals surface area contributed by atoms with Crippen LogP contribution in [0.4, 0.5) is 5.69 Å². The van der Waals surface area contributed by atoms with Crippen molar-refractivity contribution in [3.63, 3.8) is 0 Å². The second kappa shape index (κ2) is 5.87. The average Bonchev–Trinajstić information content (AvgIpc) is 2.83. The Morgan fingerprint density at radius 2 is 2.41 bits per heavy atom. The highest BCUT2D eigenvalue weighted by Gasteiger charge is 2.13. The first-order chi connectivity index (χ1) is 8.29. The standard InChI is InChI=1S/C13H21N3O/c1-2-8-16-10-12(5-6-13(16)17)15-9-11-4-3-7-14-11/h5-6,10-11,14-15H,2-4,7-9H2,1H3. The third-order valence-electron chi connectivity index (χ3n) is 3.16. The lowest BCUT2D eigenvalue weighted by atomic mass is 10.2. The monoisotopic (exact) mass is 235 g/mol. The van der Waals surface area contributed by atoms with Crippen LogP contribution in [0.15, 0.2) is 23.1 Å². The van der Waals surface area contributed by atoms with Gasteiger partial charge in [0.05, 0.1) is 5.69 Å². The maximum atomic E-state index is 11.5. The van der Waals surface area contributed by atoms with Gasteiger partial charge in [0.2, 0.25) is 0 Å². The first-order valence-electron chi connectivity index (χ1n) is 6.47. The molecule has 1 aliphatic rings. The van der Waals surface area contributed by atoms with Crippen molar-refractivity contribution in [2.75, 3.05) is 18.4 Å². The van der Waals surface area contributed by atoms with Crippen molar-refractivity contribution in [2.45, 2.75) is 38.8 Å². The number of aromatic nitrogens is 1. The Morgan fingerprint density at radius 1 is 1.53 bits per heavy atom. The Labute approximate surface area is 102 Å². The number of aryl methyl sites for hydroxylation is 1. The average molecular weight is 235 g/mol. The highest BCUT2D eigenvalue weighted by Crippen LogP contribution is 2.08. The van der Waals surface area contributed by atoms with Gasteiger partial charge in [0, 0.05) is 31.4 Å². The smallest absolute Gasteiger partial charge is 0.250 e. The van der Waals surface area contributed by atoms with Gasteiger partial charge in [-0.1, -0.05) is 6.92 Å². The first-order valence-corrected chi connectivity index (χ1v) is 6.47. The summed E-state index contributed by atoms with van der Waals surface area (Å²) >= 11 is 0. The second-order valence-corrected chi connectivity index (χ2v) is 4.62. The lowest BCUT2D eigenvalue weighted by molar-refractivity contribution is 0.629. The lowest BCUT2D eigenvalue weighted by Crippen LogP contribution is -2.29. The quantitative estimate of drug-likeness (QED) is 0.811. The minimum Gasteiger partial charge on any atom is -0.382 e. The highest BCUT2D eigenvalue weighted by molar-refractivity contribution is 5.40. The predicted octanol–water partition coefficient (Wildman–Crippen LogP) is 1.42. The molecule has 0 aliphatic carbocycles. The zero-order valence-electron chi connectivity index (χ0n) is 10.4. The van der Waals surface area contributed by atoms with E-state index in [1.54, 1.807) is 10.6 Å². The molecule has 1 aromatic heterocycles. The van der Waals surface area contributed by atoms with E-state index in [-0.39, 0.29) is 5.56 Å². The summed E-state index contributed by atoms with van der Waals surface area (Å²) in [4.78, 5) is 11.5. The molecule has 1 saturated heterocycles. The summed E-state index contributed by atoms with van der Waals surface area (Å²) in [5, 5.41) is 6.84. The third-order valence-corrected chi connectivity index (χ3v) is 3.16. The van der Waals surface area contributed by atoms with Crippen molar-refractivity contribution < 1.29 is 0 Å². The zero-order chi connectivity index (χ0) is 12.1. The van der Waals surface area contributed by atoms with E-state index in [0.717, 1.165) is 31.7 Å². The minimum atomic E-state index is 0.0800. The van der Waals surface area contributed by atoms with E-state index in [1.165, 1.54) is 12.8 Å². The summed E-state index contributed by atoms with van der Waals surface area (Å²) in [7, 11) is 0. The molecule has 4 heteroatoms. The molecule has 0 spiro atoms. The molecule has 1 fully saturated rings. The molecule has 4 nitrogen and oxygen atoms in total. The third kappa shape index (κ3) is 3.33. The van der Waals surface area contributed by atoms with Crippen LogP contribution in [0.1, 0.15) is 26.2 Å². The van der Waals surface area contributed by atoms with Crippen LogP contribution < -0.4 is 16.2 Å². The number of hydrogen-bond donors (Lipinski definition) is 2. The number of rotatable bonds is 5. The van der Waals surface area contributed by atoms with Gasteiger partial charge in [-0.25, -0.2) is 0 Å². The van der Waals surface area contributed by atoms with Crippen molar-refractivity contribution in [1.82, 2.24) is 9.88 Å². The van der Waals surface area contributed by atoms with E-state index >= 15 is 0 Å². The Hall–Kier alpha value is -1.29. The van der Waals surface area contributed by atoms with E-state index in [4.69, 9.17) is 0 Å². The predicted molar refractivity (Wildman–Crippen MR) is 70.5 cm³/mol. The van der Waals surface area contributed by atoms with Crippen LogP contribution in [-0.2, 0) is 6.54 Å². The van der Waals surface area contributed by atoms with Crippen molar-refractivity contribution in [3.8, 4) is 0 Å². The molecule has 0 saturated carbocycles. The fraction of sp³-hybridized carbons (Fsp3) is 0.615. The molecule has 2 N–H and O–H groups in total. The van der Waals surface area contributed by atoms with Crippen molar-refractivity contribution >= 4 is 5.69 Å². The van der Waals surface area contributed by atoms with Gasteiger partial charge in [-0.2, -0.15) is 0 Å². The molecule has 0 radical (unpaired) electrons. The van der Waals surface area contributed by atoms with Gasteiger partial charge in [-0.3, -0.25) is 4.79 Å². The minimum absolute atomic E-state index is 0.0800. The van der Waals surface area contributed by atoms with Gasteiger partial charge >= 0.3 is 0 Å². The molecule has 94 valence electrons. The van der Waals surface area contributed by atoms with Crippen molar-refractivity contribution in [3.05, 3.63) is 28.7 Å². The summed E-state index contributed by atoms with van der Waals surface area (Å²) in [6.45, 7) is 4.93. The molecule has 0 bridgehead atoms. The number of nitrogens with zero attached hydrogens (tertiary/aromatic N) is 1. The molecule has 0 amide bonds. The molecule has 17 heavy (non-hydrogen) atoms. The van der Waals surface area contributed by atoms with Gasteiger partial charge in [0.1, 0.15) is 0 Å². The molecule has 2 heterocycles. The maximum Gasteiger partial charge on any atom is 0.250 e. The number of nitrogens with one attached hydrogen (secondary N) is 2. The molecular formula is C13H21N3O. The van der Waals surface area contributed by atoms with E-state index in [9.17, 15) is 4.79 Å². The van der Waals surface area contributed by atoms with Crippen LogP contribution in [0.3, 0.4) is 0 Å². The Kier molecular flexibility index (Phi) is 4.20. The van der Waals surface area contributed by atoms with Crippen LogP contribution in [0.25, 0.3) is 0 Å². The van der Waals surface area contributed by atoms with Crippen LogP contribution in [-0.4, -0.2) is 23.7 Å². The summed E-state index contributed by atoms with van der Waals surface area (Å²) < 4.78 is 1.77. The van der Waals surface area contributed by atoms with Crippen LogP contribution >= 0.6 is 0 Å². The molecule has 1 aromatic rings. The summed E-state index contributed by atoms with van der Waals surface area (Å²) in [5.41, 5.74) is 1.11. The number of hydrogen-bond acceptors (Lipinski definition) is 3. The molecule has 1 atom stereocenters. The van der Waals surface area contributed by atoms with Gasteiger partial charge in [0.25, 0.3) is 5.56 Å². The SMILES string of the molecule is CCCn1cc(NCC2CCCN2)ccc1=O.